The van der Waals surface area contributed by atoms with E-state index in [1.54, 1.807) is 0 Å². The van der Waals surface area contributed by atoms with Crippen molar-refractivity contribution < 1.29 is 26.4 Å². The van der Waals surface area contributed by atoms with Gasteiger partial charge in [0, 0.05) is 36.7 Å². The molecule has 2 bridgehead atoms. The normalized spacial score (nSPS) is 34.4. The van der Waals surface area contributed by atoms with Gasteiger partial charge in [-0.25, -0.2) is 3.63 Å². The Kier molecular flexibility index (Phi) is 5.76. The van der Waals surface area contributed by atoms with Crippen LogP contribution in [0.4, 0.5) is 0 Å². The van der Waals surface area contributed by atoms with Crippen LogP contribution in [-0.2, 0) is 28.1 Å². The van der Waals surface area contributed by atoms with Crippen molar-refractivity contribution in [1.29, 1.82) is 0 Å². The fourth-order valence-electron chi connectivity index (χ4n) is 6.34. The summed E-state index contributed by atoms with van der Waals surface area (Å²) < 4.78 is 32.5. The third-order valence-corrected chi connectivity index (χ3v) is 14.1. The van der Waals surface area contributed by atoms with Gasteiger partial charge >= 0.3 is 0 Å². The van der Waals surface area contributed by atoms with Gasteiger partial charge < -0.3 is 0 Å². The molecule has 1 saturated heterocycles. The second-order valence-corrected chi connectivity index (χ2v) is 15.4. The average molecular weight is 459 g/mol. The molecule has 6 nitrogen and oxygen atoms in total. The van der Waals surface area contributed by atoms with Gasteiger partial charge in [0.15, 0.2) is 0 Å². The number of Topliss-reactive ketones (excluding diaryl/α,β-unsaturated/α-hetero) is 3. The van der Waals surface area contributed by atoms with E-state index < -0.39 is 25.8 Å². The smallest absolute Gasteiger partial charge is 0.277 e. The first-order chi connectivity index (χ1) is 14.0. The van der Waals surface area contributed by atoms with Gasteiger partial charge in [-0.2, -0.15) is 8.42 Å². The molecule has 4 aliphatic rings. The SMILES string of the molecule is CC1(C)C2CCC1(CS(=O)(=O)OS1(CC(=O)C3CCCC3)CCC(=O)CC1)C(=O)C2. The van der Waals surface area contributed by atoms with Crippen LogP contribution in [0, 0.1) is 22.7 Å². The van der Waals surface area contributed by atoms with E-state index in [9.17, 15) is 22.8 Å². The van der Waals surface area contributed by atoms with Crippen LogP contribution < -0.4 is 0 Å². The third-order valence-electron chi connectivity index (χ3n) is 8.53. The van der Waals surface area contributed by atoms with Crippen LogP contribution >= 0.6 is 10.3 Å². The topological polar surface area (TPSA) is 94.6 Å². The van der Waals surface area contributed by atoms with Crippen molar-refractivity contribution in [1.82, 2.24) is 0 Å². The zero-order chi connectivity index (χ0) is 21.8. The maximum absolute atomic E-state index is 13.3. The van der Waals surface area contributed by atoms with Crippen molar-refractivity contribution in [3.8, 4) is 0 Å². The first-order valence-corrected chi connectivity index (χ1v) is 14.9. The molecule has 0 radical (unpaired) electrons. The molecule has 1 aliphatic heterocycles. The number of hydrogen-bond acceptors (Lipinski definition) is 6. The second kappa shape index (κ2) is 7.69. The molecule has 30 heavy (non-hydrogen) atoms. The molecular formula is C22H34O6S2. The Bertz CT molecular complexity index is 845. The van der Waals surface area contributed by atoms with Gasteiger partial charge in [0.1, 0.15) is 17.3 Å². The lowest BCUT2D eigenvalue weighted by Crippen LogP contribution is -2.43. The van der Waals surface area contributed by atoms with Gasteiger partial charge in [-0.15, -0.1) is 10.3 Å². The summed E-state index contributed by atoms with van der Waals surface area (Å²) in [5, 5.41) is 0. The molecule has 2 unspecified atom stereocenters. The Morgan fingerprint density at radius 3 is 2.27 bits per heavy atom. The summed E-state index contributed by atoms with van der Waals surface area (Å²) in [4.78, 5) is 37.6. The summed E-state index contributed by atoms with van der Waals surface area (Å²) in [5.41, 5.74) is -1.23. The maximum atomic E-state index is 13.3. The van der Waals surface area contributed by atoms with Crippen molar-refractivity contribution in [3.05, 3.63) is 0 Å². The highest BCUT2D eigenvalue weighted by Crippen LogP contribution is 2.65. The van der Waals surface area contributed by atoms with Gasteiger partial charge in [-0.05, 0) is 37.0 Å². The molecule has 0 N–H and O–H groups in total. The Balaban J connectivity index is 1.55. The summed E-state index contributed by atoms with van der Waals surface area (Å²) in [7, 11) is -6.22. The molecule has 1 heterocycles. The molecule has 8 heteroatoms. The predicted octanol–water partition coefficient (Wildman–Crippen LogP) is 3.57. The summed E-state index contributed by atoms with van der Waals surface area (Å²) in [5.74, 6) is 1.02. The minimum absolute atomic E-state index is 0.00262. The minimum Gasteiger partial charge on any atom is -0.300 e. The van der Waals surface area contributed by atoms with Crippen LogP contribution in [0.15, 0.2) is 0 Å². The van der Waals surface area contributed by atoms with E-state index in [0.29, 0.717) is 24.3 Å². The number of fused-ring (bicyclic) bond motifs is 2. The molecule has 3 aliphatic carbocycles. The largest absolute Gasteiger partial charge is 0.300 e. The number of ketones is 3. The highest BCUT2D eigenvalue weighted by Gasteiger charge is 2.65. The highest BCUT2D eigenvalue weighted by atomic mass is 32.3. The highest BCUT2D eigenvalue weighted by molar-refractivity contribution is 8.33. The molecule has 0 aromatic rings. The maximum Gasteiger partial charge on any atom is 0.277 e. The molecule has 4 rings (SSSR count). The number of rotatable bonds is 7. The van der Waals surface area contributed by atoms with Crippen molar-refractivity contribution in [3.63, 3.8) is 0 Å². The van der Waals surface area contributed by atoms with Crippen LogP contribution in [0.25, 0.3) is 0 Å². The van der Waals surface area contributed by atoms with Crippen LogP contribution in [0.3, 0.4) is 0 Å². The monoisotopic (exact) mass is 458 g/mol. The van der Waals surface area contributed by atoms with E-state index in [1.165, 1.54) is 0 Å². The molecule has 0 spiro atoms. The van der Waals surface area contributed by atoms with E-state index in [1.807, 2.05) is 13.8 Å². The van der Waals surface area contributed by atoms with Gasteiger partial charge in [-0.1, -0.05) is 26.7 Å². The molecule has 0 aromatic heterocycles. The lowest BCUT2D eigenvalue weighted by atomic mass is 9.70. The number of carbonyl (C=O) groups excluding carboxylic acids is 3. The second-order valence-electron chi connectivity index (χ2n) is 10.4. The third kappa shape index (κ3) is 3.81. The molecular weight excluding hydrogens is 424 g/mol. The van der Waals surface area contributed by atoms with E-state index in [4.69, 9.17) is 3.63 Å². The van der Waals surface area contributed by atoms with Gasteiger partial charge in [-0.3, -0.25) is 14.4 Å². The fourth-order valence-corrected chi connectivity index (χ4v) is 12.8. The zero-order valence-electron chi connectivity index (χ0n) is 18.1. The van der Waals surface area contributed by atoms with E-state index >= 15 is 0 Å². The van der Waals surface area contributed by atoms with Crippen molar-refractivity contribution in [2.45, 2.75) is 71.6 Å². The van der Waals surface area contributed by atoms with E-state index in [-0.39, 0.29) is 58.9 Å². The van der Waals surface area contributed by atoms with Crippen molar-refractivity contribution in [2.24, 2.45) is 22.7 Å². The van der Waals surface area contributed by atoms with Crippen LogP contribution in [0.5, 0.6) is 0 Å². The average Bonchev–Trinajstić information content (AvgIpc) is 3.31. The predicted molar refractivity (Wildman–Crippen MR) is 117 cm³/mol. The van der Waals surface area contributed by atoms with E-state index in [0.717, 1.165) is 32.1 Å². The zero-order valence-corrected chi connectivity index (χ0v) is 19.7. The standard InChI is InChI=1S/C22H34O6S2/c1-21(2)17-7-10-22(21,20(25)13-17)15-30(26,27)28-29(11-8-18(23)9-12-29)14-19(24)16-5-3-4-6-16/h16-17H,3-15H2,1-2H3. The molecule has 3 saturated carbocycles. The van der Waals surface area contributed by atoms with Gasteiger partial charge in [0.05, 0.1) is 16.9 Å². The van der Waals surface area contributed by atoms with Crippen molar-refractivity contribution in [2.75, 3.05) is 23.0 Å². The Hall–Kier alpha value is -0.730. The molecule has 4 fully saturated rings. The lowest BCUT2D eigenvalue weighted by molar-refractivity contribution is -0.128. The Morgan fingerprint density at radius 1 is 1.10 bits per heavy atom. The number of hydrogen-bond donors (Lipinski definition) is 0. The first-order valence-electron chi connectivity index (χ1n) is 11.3. The molecule has 2 atom stereocenters. The lowest BCUT2D eigenvalue weighted by Gasteiger charge is -2.42. The van der Waals surface area contributed by atoms with E-state index in [2.05, 4.69) is 0 Å². The first kappa shape index (κ1) is 22.5. The Labute approximate surface area is 181 Å². The van der Waals surface area contributed by atoms with Crippen LogP contribution in [0.1, 0.15) is 71.6 Å². The molecule has 0 amide bonds. The quantitative estimate of drug-likeness (QED) is 0.579. The van der Waals surface area contributed by atoms with Crippen LogP contribution in [0.2, 0.25) is 0 Å². The van der Waals surface area contributed by atoms with Gasteiger partial charge in [0.2, 0.25) is 0 Å². The summed E-state index contributed by atoms with van der Waals surface area (Å²) in [6.45, 7) is 4.02. The molecule has 0 aromatic carbocycles. The summed E-state index contributed by atoms with van der Waals surface area (Å²) in [6, 6.07) is 0. The van der Waals surface area contributed by atoms with Crippen molar-refractivity contribution >= 4 is 37.8 Å². The Morgan fingerprint density at radius 2 is 1.73 bits per heavy atom. The minimum atomic E-state index is -4.00. The van der Waals surface area contributed by atoms with Crippen LogP contribution in [-0.4, -0.2) is 48.8 Å². The van der Waals surface area contributed by atoms with Gasteiger partial charge in [0.25, 0.3) is 10.1 Å². The fraction of sp³-hybridized carbons (Fsp3) is 0.864. The molecule has 170 valence electrons. The summed E-state index contributed by atoms with van der Waals surface area (Å²) in [6.07, 6.45) is 6.29. The summed E-state index contributed by atoms with van der Waals surface area (Å²) >= 11 is 0. The number of carbonyl (C=O) groups is 3.